The van der Waals surface area contributed by atoms with E-state index in [0.717, 1.165) is 25.1 Å². The van der Waals surface area contributed by atoms with E-state index in [2.05, 4.69) is 36.5 Å². The molecule has 0 amide bonds. The summed E-state index contributed by atoms with van der Waals surface area (Å²) in [5, 5.41) is 13.9. The number of nitrogens with one attached hydrogen (secondary N) is 1. The molecule has 2 rings (SSSR count). The van der Waals surface area contributed by atoms with Crippen LogP contribution < -0.4 is 5.32 Å². The van der Waals surface area contributed by atoms with Crippen molar-refractivity contribution in [1.29, 1.82) is 0 Å². The first-order chi connectivity index (χ1) is 9.65. The molecular weight excluding hydrogens is 252 g/mol. The van der Waals surface area contributed by atoms with Crippen LogP contribution in [-0.2, 0) is 13.0 Å². The summed E-state index contributed by atoms with van der Waals surface area (Å²) >= 11 is 0. The summed E-state index contributed by atoms with van der Waals surface area (Å²) in [5.74, 6) is 0. The Kier molecular flexibility index (Phi) is 4.85. The molecule has 2 aromatic carbocycles. The van der Waals surface area contributed by atoms with E-state index in [-0.39, 0.29) is 10.6 Å². The minimum Gasteiger partial charge on any atom is -0.312 e. The minimum absolute atomic E-state index is 0.140. The Balaban J connectivity index is 1.75. The largest absolute Gasteiger partial charge is 0.312 e. The molecule has 0 saturated heterocycles. The van der Waals surface area contributed by atoms with Gasteiger partial charge in [-0.05, 0) is 31.0 Å². The summed E-state index contributed by atoms with van der Waals surface area (Å²) < 4.78 is 0. The monoisotopic (exact) mass is 270 g/mol. The van der Waals surface area contributed by atoms with E-state index in [1.807, 2.05) is 12.1 Å². The van der Waals surface area contributed by atoms with Gasteiger partial charge in [0.25, 0.3) is 5.69 Å². The van der Waals surface area contributed by atoms with Crippen LogP contribution >= 0.6 is 0 Å². The second-order valence-electron chi connectivity index (χ2n) is 4.84. The van der Waals surface area contributed by atoms with Crippen LogP contribution in [0.5, 0.6) is 0 Å². The van der Waals surface area contributed by atoms with Crippen molar-refractivity contribution >= 4 is 5.69 Å². The standard InChI is InChI=1S/C16H18N2O2/c1-13-2-4-15(5-3-13)12-17-11-10-14-6-8-16(9-7-14)18(19)20/h2-9,17H,10-12H2,1H3. The van der Waals surface area contributed by atoms with Crippen molar-refractivity contribution in [3.8, 4) is 0 Å². The number of nitro benzene ring substituents is 1. The first kappa shape index (κ1) is 14.2. The van der Waals surface area contributed by atoms with Crippen LogP contribution in [0.25, 0.3) is 0 Å². The number of nitrogens with zero attached hydrogens (tertiary/aromatic N) is 1. The van der Waals surface area contributed by atoms with Crippen molar-refractivity contribution < 1.29 is 4.92 Å². The fraction of sp³-hybridized carbons (Fsp3) is 0.250. The predicted octanol–water partition coefficient (Wildman–Crippen LogP) is 3.24. The molecule has 0 aliphatic heterocycles. The lowest BCUT2D eigenvalue weighted by Gasteiger charge is -2.05. The highest BCUT2D eigenvalue weighted by molar-refractivity contribution is 5.33. The third kappa shape index (κ3) is 4.17. The molecule has 0 aliphatic rings. The molecule has 0 aromatic heterocycles. The van der Waals surface area contributed by atoms with Crippen molar-refractivity contribution in [2.45, 2.75) is 19.9 Å². The molecule has 0 saturated carbocycles. The third-order valence-corrected chi connectivity index (χ3v) is 3.19. The minimum atomic E-state index is -0.376. The van der Waals surface area contributed by atoms with Crippen molar-refractivity contribution in [2.24, 2.45) is 0 Å². The summed E-state index contributed by atoms with van der Waals surface area (Å²) in [5.41, 5.74) is 3.77. The lowest BCUT2D eigenvalue weighted by molar-refractivity contribution is -0.384. The van der Waals surface area contributed by atoms with Gasteiger partial charge in [0.15, 0.2) is 0 Å². The van der Waals surface area contributed by atoms with Crippen LogP contribution in [0.2, 0.25) is 0 Å². The molecule has 0 spiro atoms. The van der Waals surface area contributed by atoms with Crippen molar-refractivity contribution in [1.82, 2.24) is 5.32 Å². The Labute approximate surface area is 118 Å². The van der Waals surface area contributed by atoms with Crippen LogP contribution in [0, 0.1) is 17.0 Å². The quantitative estimate of drug-likeness (QED) is 0.498. The Hall–Kier alpha value is -2.20. The van der Waals surface area contributed by atoms with E-state index in [9.17, 15) is 10.1 Å². The molecule has 0 radical (unpaired) electrons. The summed E-state index contributed by atoms with van der Waals surface area (Å²) in [6.07, 6.45) is 0.865. The van der Waals surface area contributed by atoms with Gasteiger partial charge in [0.2, 0.25) is 0 Å². The average Bonchev–Trinajstić information content (AvgIpc) is 2.46. The molecule has 20 heavy (non-hydrogen) atoms. The Bertz CT molecular complexity index is 562. The van der Waals surface area contributed by atoms with E-state index in [1.54, 1.807) is 12.1 Å². The number of rotatable bonds is 6. The summed E-state index contributed by atoms with van der Waals surface area (Å²) in [7, 11) is 0. The zero-order valence-corrected chi connectivity index (χ0v) is 11.5. The Morgan fingerprint density at radius 1 is 1.00 bits per heavy atom. The van der Waals surface area contributed by atoms with Crippen molar-refractivity contribution in [2.75, 3.05) is 6.54 Å². The van der Waals surface area contributed by atoms with Gasteiger partial charge in [0.05, 0.1) is 4.92 Å². The SMILES string of the molecule is Cc1ccc(CNCCc2ccc([N+](=O)[O-])cc2)cc1. The Morgan fingerprint density at radius 2 is 1.60 bits per heavy atom. The van der Waals surface area contributed by atoms with E-state index < -0.39 is 0 Å². The number of non-ortho nitro benzene ring substituents is 1. The number of aryl methyl sites for hydroxylation is 1. The normalized spacial score (nSPS) is 10.4. The van der Waals surface area contributed by atoms with Crippen LogP contribution in [-0.4, -0.2) is 11.5 Å². The van der Waals surface area contributed by atoms with Crippen LogP contribution in [0.15, 0.2) is 48.5 Å². The summed E-state index contributed by atoms with van der Waals surface area (Å²) in [4.78, 5) is 10.2. The number of benzene rings is 2. The molecule has 4 nitrogen and oxygen atoms in total. The van der Waals surface area contributed by atoms with Crippen molar-refractivity contribution in [3.05, 3.63) is 75.3 Å². The first-order valence-corrected chi connectivity index (χ1v) is 6.65. The molecule has 0 heterocycles. The molecule has 0 bridgehead atoms. The fourth-order valence-electron chi connectivity index (χ4n) is 1.96. The number of hydrogen-bond acceptors (Lipinski definition) is 3. The average molecular weight is 270 g/mol. The lowest BCUT2D eigenvalue weighted by atomic mass is 10.1. The van der Waals surface area contributed by atoms with E-state index in [4.69, 9.17) is 0 Å². The van der Waals surface area contributed by atoms with Gasteiger partial charge >= 0.3 is 0 Å². The third-order valence-electron chi connectivity index (χ3n) is 3.19. The smallest absolute Gasteiger partial charge is 0.269 e. The van der Waals surface area contributed by atoms with Crippen LogP contribution in [0.4, 0.5) is 5.69 Å². The van der Waals surface area contributed by atoms with Crippen LogP contribution in [0.3, 0.4) is 0 Å². The van der Waals surface area contributed by atoms with Gasteiger partial charge < -0.3 is 5.32 Å². The number of hydrogen-bond donors (Lipinski definition) is 1. The van der Waals surface area contributed by atoms with Gasteiger partial charge in [0.1, 0.15) is 0 Å². The maximum absolute atomic E-state index is 10.5. The second-order valence-corrected chi connectivity index (χ2v) is 4.84. The molecule has 2 aromatic rings. The number of nitro groups is 1. The van der Waals surface area contributed by atoms with Gasteiger partial charge in [-0.2, -0.15) is 0 Å². The molecule has 0 unspecified atom stereocenters. The highest BCUT2D eigenvalue weighted by Gasteiger charge is 2.03. The molecule has 1 N–H and O–H groups in total. The zero-order valence-electron chi connectivity index (χ0n) is 11.5. The van der Waals surface area contributed by atoms with Gasteiger partial charge in [-0.25, -0.2) is 0 Å². The molecular formula is C16H18N2O2. The van der Waals surface area contributed by atoms with E-state index in [1.165, 1.54) is 11.1 Å². The molecule has 104 valence electrons. The van der Waals surface area contributed by atoms with Gasteiger partial charge in [-0.15, -0.1) is 0 Å². The predicted molar refractivity (Wildman–Crippen MR) is 79.7 cm³/mol. The summed E-state index contributed by atoms with van der Waals surface area (Å²) in [6.45, 7) is 3.77. The first-order valence-electron chi connectivity index (χ1n) is 6.65. The Morgan fingerprint density at radius 3 is 2.20 bits per heavy atom. The van der Waals surface area contributed by atoms with Gasteiger partial charge in [0, 0.05) is 18.7 Å². The maximum atomic E-state index is 10.5. The maximum Gasteiger partial charge on any atom is 0.269 e. The highest BCUT2D eigenvalue weighted by atomic mass is 16.6. The molecule has 0 atom stereocenters. The van der Waals surface area contributed by atoms with Crippen LogP contribution in [0.1, 0.15) is 16.7 Å². The topological polar surface area (TPSA) is 55.2 Å². The van der Waals surface area contributed by atoms with E-state index in [0.29, 0.717) is 0 Å². The molecule has 4 heteroatoms. The fourth-order valence-corrected chi connectivity index (χ4v) is 1.96. The molecule has 0 fully saturated rings. The molecule has 0 aliphatic carbocycles. The van der Waals surface area contributed by atoms with Crippen molar-refractivity contribution in [3.63, 3.8) is 0 Å². The zero-order chi connectivity index (χ0) is 14.4. The van der Waals surface area contributed by atoms with Gasteiger partial charge in [-0.1, -0.05) is 42.0 Å². The highest BCUT2D eigenvalue weighted by Crippen LogP contribution is 2.12. The van der Waals surface area contributed by atoms with E-state index >= 15 is 0 Å². The van der Waals surface area contributed by atoms with Gasteiger partial charge in [-0.3, -0.25) is 10.1 Å². The summed E-state index contributed by atoms with van der Waals surface area (Å²) in [6, 6.07) is 15.2. The second kappa shape index (κ2) is 6.82. The lowest BCUT2D eigenvalue weighted by Crippen LogP contribution is -2.16.